The van der Waals surface area contributed by atoms with Gasteiger partial charge in [-0.15, -0.1) is 0 Å². The van der Waals surface area contributed by atoms with Crippen LogP contribution < -0.4 is 4.90 Å². The Morgan fingerprint density at radius 2 is 0.966 bits per heavy atom. The first-order chi connectivity index (χ1) is 29.3. The minimum absolute atomic E-state index is 0.878. The lowest BCUT2D eigenvalue weighted by Gasteiger charge is -2.26. The fraction of sp³-hybridized carbons (Fsp3) is 0. The summed E-state index contributed by atoms with van der Waals surface area (Å²) < 4.78 is 9.06. The molecule has 3 heteroatoms. The first-order valence-corrected chi connectivity index (χ1v) is 20.2. The number of para-hydroxylation sites is 3. The summed E-state index contributed by atoms with van der Waals surface area (Å²) in [4.78, 5) is 2.37. The summed E-state index contributed by atoms with van der Waals surface area (Å²) in [6.07, 6.45) is 0. The van der Waals surface area contributed by atoms with Gasteiger partial charge in [0, 0.05) is 55.9 Å². The summed E-state index contributed by atoms with van der Waals surface area (Å²) in [5.74, 6) is 0. The second-order valence-corrected chi connectivity index (χ2v) is 15.3. The average Bonchev–Trinajstić information content (AvgIpc) is 3.84. The van der Waals surface area contributed by atoms with Crippen LogP contribution in [0.3, 0.4) is 0 Å². The van der Waals surface area contributed by atoms with Crippen molar-refractivity contribution in [1.82, 2.24) is 4.57 Å². The lowest BCUT2D eigenvalue weighted by Crippen LogP contribution is -2.10. The van der Waals surface area contributed by atoms with Crippen LogP contribution in [0.1, 0.15) is 0 Å². The number of benzene rings is 10. The van der Waals surface area contributed by atoms with E-state index in [0.29, 0.717) is 0 Å². The predicted molar refractivity (Wildman–Crippen MR) is 249 cm³/mol. The highest BCUT2D eigenvalue weighted by Gasteiger charge is 2.24. The van der Waals surface area contributed by atoms with Crippen LogP contribution in [0, 0.1) is 0 Å². The number of furan rings is 1. The van der Waals surface area contributed by atoms with E-state index in [2.05, 4.69) is 222 Å². The summed E-state index contributed by atoms with van der Waals surface area (Å²) in [6, 6.07) is 78.6. The number of hydrogen-bond acceptors (Lipinski definition) is 2. The van der Waals surface area contributed by atoms with Crippen LogP contribution in [-0.4, -0.2) is 4.57 Å². The minimum atomic E-state index is 0.878. The lowest BCUT2D eigenvalue weighted by atomic mass is 9.93. The molecule has 0 aliphatic rings. The first kappa shape index (κ1) is 33.3. The van der Waals surface area contributed by atoms with Crippen LogP contribution >= 0.6 is 0 Å². The molecule has 0 saturated carbocycles. The number of aromatic nitrogens is 1. The van der Waals surface area contributed by atoms with Gasteiger partial charge in [-0.05, 0) is 98.9 Å². The number of fused-ring (bicyclic) bond motifs is 9. The maximum atomic E-state index is 6.65. The molecule has 0 bridgehead atoms. The zero-order chi connectivity index (χ0) is 38.9. The van der Waals surface area contributed by atoms with Crippen LogP contribution in [-0.2, 0) is 0 Å². The van der Waals surface area contributed by atoms with Crippen molar-refractivity contribution in [3.05, 3.63) is 218 Å². The topological polar surface area (TPSA) is 21.3 Å². The fourth-order valence-corrected chi connectivity index (χ4v) is 9.36. The maximum Gasteiger partial charge on any atom is 0.138 e. The molecule has 3 nitrogen and oxygen atoms in total. The molecule has 0 aliphatic carbocycles. The number of rotatable bonds is 6. The quantitative estimate of drug-likeness (QED) is 0.158. The monoisotopic (exact) mass is 752 g/mol. The molecule has 0 unspecified atom stereocenters. The summed E-state index contributed by atoms with van der Waals surface area (Å²) in [5, 5.41) is 9.71. The standard InChI is InChI=1S/C56H36N2O/c1-4-16-38(17-5-1)54-55-47-33-32-43(35-50(47)58(41-21-8-3-9-22-41)51(55)36-53-56(54)48-26-14-15-27-52(48)59-53)57(40-19-6-2-7-20-40)42-30-28-37(29-31-42)49-34-39-18-10-11-23-44(39)45-24-12-13-25-46(45)49/h1-36H. The highest BCUT2D eigenvalue weighted by molar-refractivity contribution is 6.27. The molecule has 12 aromatic rings. The van der Waals surface area contributed by atoms with Crippen LogP contribution in [0.4, 0.5) is 17.1 Å². The molecule has 2 aromatic heterocycles. The van der Waals surface area contributed by atoms with Gasteiger partial charge in [0.15, 0.2) is 0 Å². The van der Waals surface area contributed by atoms with Gasteiger partial charge in [-0.3, -0.25) is 0 Å². The third kappa shape index (κ3) is 5.29. The van der Waals surface area contributed by atoms with Gasteiger partial charge in [-0.2, -0.15) is 0 Å². The molecule has 0 N–H and O–H groups in total. The van der Waals surface area contributed by atoms with Crippen molar-refractivity contribution in [2.45, 2.75) is 0 Å². The second kappa shape index (κ2) is 13.4. The van der Waals surface area contributed by atoms with Gasteiger partial charge in [0.25, 0.3) is 0 Å². The van der Waals surface area contributed by atoms with E-state index in [4.69, 9.17) is 4.42 Å². The van der Waals surface area contributed by atoms with Crippen LogP contribution in [0.15, 0.2) is 223 Å². The normalized spacial score (nSPS) is 11.7. The van der Waals surface area contributed by atoms with Gasteiger partial charge in [0.1, 0.15) is 11.2 Å². The molecule has 12 rings (SSSR count). The molecule has 0 atom stereocenters. The number of nitrogens with zero attached hydrogens (tertiary/aromatic N) is 2. The van der Waals surface area contributed by atoms with Gasteiger partial charge in [0.2, 0.25) is 0 Å². The second-order valence-electron chi connectivity index (χ2n) is 15.3. The van der Waals surface area contributed by atoms with Crippen LogP contribution in [0.5, 0.6) is 0 Å². The molecule has 0 fully saturated rings. The van der Waals surface area contributed by atoms with Crippen molar-refractivity contribution in [2.75, 3.05) is 4.90 Å². The van der Waals surface area contributed by atoms with Crippen molar-refractivity contribution in [3.8, 4) is 27.9 Å². The highest BCUT2D eigenvalue weighted by Crippen LogP contribution is 2.48. The number of anilines is 3. The SMILES string of the molecule is c1ccc(-c2c3c(cc4c2c2ccc(N(c5ccccc5)c5ccc(-c6cc7ccccc7c7ccccc67)cc5)cc2n4-c2ccccc2)oc2ccccc23)cc1. The Morgan fingerprint density at radius 1 is 0.356 bits per heavy atom. The van der Waals surface area contributed by atoms with Crippen molar-refractivity contribution >= 4 is 82.4 Å². The van der Waals surface area contributed by atoms with E-state index in [0.717, 1.165) is 61.3 Å². The zero-order valence-electron chi connectivity index (χ0n) is 32.1. The van der Waals surface area contributed by atoms with Crippen molar-refractivity contribution in [3.63, 3.8) is 0 Å². The van der Waals surface area contributed by atoms with Gasteiger partial charge in [-0.1, -0.05) is 152 Å². The van der Waals surface area contributed by atoms with E-state index in [1.54, 1.807) is 0 Å². The highest BCUT2D eigenvalue weighted by atomic mass is 16.3. The lowest BCUT2D eigenvalue weighted by molar-refractivity contribution is 0.669. The Labute approximate surface area is 341 Å². The largest absolute Gasteiger partial charge is 0.456 e. The van der Waals surface area contributed by atoms with E-state index < -0.39 is 0 Å². The Morgan fingerprint density at radius 3 is 1.75 bits per heavy atom. The molecule has 0 radical (unpaired) electrons. The van der Waals surface area contributed by atoms with E-state index >= 15 is 0 Å². The Balaban J connectivity index is 1.10. The first-order valence-electron chi connectivity index (χ1n) is 20.2. The van der Waals surface area contributed by atoms with Crippen molar-refractivity contribution in [2.24, 2.45) is 0 Å². The molecule has 0 spiro atoms. The summed E-state index contributed by atoms with van der Waals surface area (Å²) >= 11 is 0. The van der Waals surface area contributed by atoms with E-state index in [-0.39, 0.29) is 0 Å². The minimum Gasteiger partial charge on any atom is -0.456 e. The Kier molecular flexibility index (Phi) is 7.54. The molecule has 0 amide bonds. The molecule has 10 aromatic carbocycles. The molecular formula is C56H36N2O. The third-order valence-corrected chi connectivity index (χ3v) is 11.9. The smallest absolute Gasteiger partial charge is 0.138 e. The third-order valence-electron chi connectivity index (χ3n) is 11.9. The van der Waals surface area contributed by atoms with E-state index in [9.17, 15) is 0 Å². The molecule has 59 heavy (non-hydrogen) atoms. The van der Waals surface area contributed by atoms with Gasteiger partial charge < -0.3 is 13.9 Å². The summed E-state index contributed by atoms with van der Waals surface area (Å²) in [5.41, 5.74) is 13.1. The molecule has 0 saturated heterocycles. The molecule has 2 heterocycles. The predicted octanol–water partition coefficient (Wildman–Crippen LogP) is 15.8. The summed E-state index contributed by atoms with van der Waals surface area (Å²) in [7, 11) is 0. The Hall–Kier alpha value is -7.88. The van der Waals surface area contributed by atoms with Crippen LogP contribution in [0.2, 0.25) is 0 Å². The molecule has 276 valence electrons. The van der Waals surface area contributed by atoms with Crippen molar-refractivity contribution in [1.29, 1.82) is 0 Å². The zero-order valence-corrected chi connectivity index (χ0v) is 32.1. The van der Waals surface area contributed by atoms with E-state index in [1.807, 2.05) is 6.07 Å². The molecule has 0 aliphatic heterocycles. The summed E-state index contributed by atoms with van der Waals surface area (Å²) in [6.45, 7) is 0. The van der Waals surface area contributed by atoms with E-state index in [1.165, 1.54) is 49.0 Å². The average molecular weight is 753 g/mol. The van der Waals surface area contributed by atoms with Gasteiger partial charge in [-0.25, -0.2) is 0 Å². The molecular weight excluding hydrogens is 717 g/mol. The fourth-order valence-electron chi connectivity index (χ4n) is 9.36. The maximum absolute atomic E-state index is 6.65. The van der Waals surface area contributed by atoms with Crippen LogP contribution in [0.25, 0.3) is 93.2 Å². The van der Waals surface area contributed by atoms with Gasteiger partial charge in [0.05, 0.1) is 11.0 Å². The van der Waals surface area contributed by atoms with Gasteiger partial charge >= 0.3 is 0 Å². The van der Waals surface area contributed by atoms with Crippen molar-refractivity contribution < 1.29 is 4.42 Å². The Bertz CT molecular complexity index is 3530. The number of hydrogen-bond donors (Lipinski definition) is 0.